The molecule has 0 unspecified atom stereocenters. The highest BCUT2D eigenvalue weighted by Crippen LogP contribution is 2.41. The van der Waals surface area contributed by atoms with Gasteiger partial charge >= 0.3 is 135 Å². The standard InChI is InChI=1S/C24H42O60S13/c25-21-17(81-94(53,54)55)15(79-92(47,48)49)11(75-88(35,36)37)5(69-21)1-65-22-18(82-95(56,57)58)13(77-90(41,42)43)9(6(70-22)2-66-85(26,27)28)73-23-19(83-96(59,60)61)14(78-91(44,45)46)10(7(71-23)3-67-86(29,30)31)74-24-20(84-97(62,63)64)16(80-93(50,51)52)12(76-89(38,39)40)8(72-24)4-68-87(32,33)34/h5-25H,1-4H2,(H,26,27,28)(H,29,30,31)(H,32,33,34)(H,35,36,37)(H,38,39,40)(H,41,42,43)(H,44,45,46)(H,47,48,49)(H,50,51,52)(H,53,54,55)(H,56,57,58)(H,59,60,61)(H,62,63,64)/t5-,6-,7-,8-,9-,10-,11-,12-,13+,14+,15+,16+,17+,18-,19-,20-,21+,22-,23-,24-/m1/s1. The molecule has 4 aliphatic heterocycles. The molecule has 0 aliphatic carbocycles. The topological polar surface area (TPSA) is 912 Å². The molecule has 0 aromatic rings. The van der Waals surface area contributed by atoms with Crippen LogP contribution >= 0.6 is 0 Å². The fourth-order valence-electron chi connectivity index (χ4n) is 8.19. The van der Waals surface area contributed by atoms with Crippen molar-refractivity contribution in [2.75, 3.05) is 26.4 Å². The van der Waals surface area contributed by atoms with Crippen LogP contribution in [0, 0.1) is 0 Å². The lowest BCUT2D eigenvalue weighted by molar-refractivity contribution is -0.371. The summed E-state index contributed by atoms with van der Waals surface area (Å²) in [6, 6.07) is 0. The lowest BCUT2D eigenvalue weighted by atomic mass is 9.96. The monoisotopic (exact) mass is 1710 g/mol. The van der Waals surface area contributed by atoms with Gasteiger partial charge in [-0.1, -0.05) is 0 Å². The van der Waals surface area contributed by atoms with Crippen molar-refractivity contribution in [1.29, 1.82) is 0 Å². The second-order valence-electron chi connectivity index (χ2n) is 17.8. The zero-order chi connectivity index (χ0) is 75.0. The van der Waals surface area contributed by atoms with E-state index in [2.05, 4.69) is 54.4 Å². The van der Waals surface area contributed by atoms with Gasteiger partial charge in [0.25, 0.3) is 0 Å². The summed E-state index contributed by atoms with van der Waals surface area (Å²) in [5.74, 6) is 0. The first-order valence-corrected chi connectivity index (χ1v) is 40.4. The normalized spacial score (nSPS) is 33.1. The molecular formula is C24H42O60S13. The van der Waals surface area contributed by atoms with Crippen LogP contribution in [-0.2, 0) is 223 Å². The summed E-state index contributed by atoms with van der Waals surface area (Å²) in [7, 11) is -82.8. The van der Waals surface area contributed by atoms with Gasteiger partial charge < -0.3 is 38.3 Å². The van der Waals surface area contributed by atoms with Gasteiger partial charge in [-0.3, -0.25) is 59.2 Å². The summed E-state index contributed by atoms with van der Waals surface area (Å²) in [6.07, 6.45) is -70.1. The van der Waals surface area contributed by atoms with E-state index in [1.165, 1.54) is 0 Å². The minimum Gasteiger partial charge on any atom is -0.366 e. The van der Waals surface area contributed by atoms with Gasteiger partial charge in [0.15, 0.2) is 49.6 Å². The molecular weight excluding hydrogens is 1670 g/mol. The van der Waals surface area contributed by atoms with Crippen LogP contribution in [0.15, 0.2) is 0 Å². The van der Waals surface area contributed by atoms with Gasteiger partial charge in [-0.05, 0) is 0 Å². The lowest BCUT2D eigenvalue weighted by Crippen LogP contribution is -2.69. The maximum atomic E-state index is 12.7. The molecule has 0 spiro atoms. The van der Waals surface area contributed by atoms with E-state index >= 15 is 0 Å². The van der Waals surface area contributed by atoms with Crippen LogP contribution in [-0.4, -0.2) is 323 Å². The second-order valence-corrected chi connectivity index (χ2v) is 31.5. The summed E-state index contributed by atoms with van der Waals surface area (Å²) < 4.78 is 532. The molecule has 60 nitrogen and oxygen atoms in total. The first-order valence-electron chi connectivity index (χ1n) is 22.7. The third kappa shape index (κ3) is 31.5. The van der Waals surface area contributed by atoms with E-state index in [0.717, 1.165) is 0 Å². The molecule has 0 bridgehead atoms. The van der Waals surface area contributed by atoms with Gasteiger partial charge in [-0.25, -0.2) is 54.4 Å². The Kier molecular flexibility index (Phi) is 28.6. The molecule has 4 fully saturated rings. The zero-order valence-electron chi connectivity index (χ0n) is 44.7. The van der Waals surface area contributed by atoms with Crippen molar-refractivity contribution < 1.29 is 261 Å². The Bertz CT molecular complexity index is 4320. The van der Waals surface area contributed by atoms with Crippen LogP contribution in [0.2, 0.25) is 0 Å². The highest BCUT2D eigenvalue weighted by atomic mass is 32.3. The van der Waals surface area contributed by atoms with E-state index in [4.69, 9.17) is 33.2 Å². The minimum absolute atomic E-state index is 2.08. The van der Waals surface area contributed by atoms with Gasteiger partial charge in [0.05, 0.1) is 26.4 Å². The maximum Gasteiger partial charge on any atom is 0.397 e. The molecule has 4 heterocycles. The predicted octanol–water partition coefficient (Wildman–Crippen LogP) is -12.0. The Morgan fingerprint density at radius 3 is 0.680 bits per heavy atom. The van der Waals surface area contributed by atoms with Gasteiger partial charge in [0.1, 0.15) is 73.2 Å². The minimum atomic E-state index is -6.73. The summed E-state index contributed by atoms with van der Waals surface area (Å²) in [5.41, 5.74) is 0. The number of aliphatic hydroxyl groups excluding tert-OH is 1. The quantitative estimate of drug-likeness (QED) is 0.0259. The van der Waals surface area contributed by atoms with Crippen LogP contribution in [0.4, 0.5) is 0 Å². The Hall–Kier alpha value is -2.01. The van der Waals surface area contributed by atoms with E-state index in [1.807, 2.05) is 0 Å². The molecule has 0 saturated carbocycles. The van der Waals surface area contributed by atoms with Crippen LogP contribution in [0.25, 0.3) is 0 Å². The number of hydrogen-bond donors (Lipinski definition) is 14. The SMILES string of the molecule is O=S(=O)(O)OC[C@H]1O[C@@H](OC[C@H]2O[C@H](O)[C@@H](OS(=O)(=O)O)[C@@H](OS(=O)(=O)O)[C@@H]2OS(=O)(=O)O)[C@H](OS(=O)(=O)O)[C@@H](OS(=O)(=O)O)[C@@H]1O[C@H]1O[C@H](COS(=O)(=O)O)[C@@H](O[C@H]2O[C@H](COS(=O)(=O)O)[C@@H](OS(=O)(=O)O)[C@H](OS(=O)(=O)O)[C@H]2OS(=O)(=O)O)[C@H](OS(=O)(=O)O)[C@H]1OS(=O)(=O)O. The molecule has 20 atom stereocenters. The smallest absolute Gasteiger partial charge is 0.366 e. The average Bonchev–Trinajstić information content (AvgIpc) is 0.755. The van der Waals surface area contributed by atoms with Crippen molar-refractivity contribution in [3.8, 4) is 0 Å². The molecule has 14 N–H and O–H groups in total. The van der Waals surface area contributed by atoms with Crippen molar-refractivity contribution in [2.45, 2.75) is 123 Å². The highest BCUT2D eigenvalue weighted by molar-refractivity contribution is 7.83. The molecule has 576 valence electrons. The Balaban J connectivity index is 2.10. The summed E-state index contributed by atoms with van der Waals surface area (Å²) in [4.78, 5) is 0. The van der Waals surface area contributed by atoms with Crippen LogP contribution < -0.4 is 0 Å². The molecule has 0 radical (unpaired) electrons. The Morgan fingerprint density at radius 2 is 0.412 bits per heavy atom. The fraction of sp³-hybridized carbons (Fsp3) is 1.00. The van der Waals surface area contributed by atoms with Crippen LogP contribution in [0.5, 0.6) is 0 Å². The Labute approximate surface area is 542 Å². The van der Waals surface area contributed by atoms with Gasteiger partial charge in [0.2, 0.25) is 0 Å². The largest absolute Gasteiger partial charge is 0.397 e. The molecule has 4 aliphatic rings. The van der Waals surface area contributed by atoms with E-state index in [9.17, 15) is 174 Å². The van der Waals surface area contributed by atoms with E-state index < -0.39 is 284 Å². The maximum absolute atomic E-state index is 12.7. The molecule has 4 saturated heterocycles. The summed E-state index contributed by atoms with van der Waals surface area (Å²) >= 11 is 0. The Morgan fingerprint density at radius 1 is 0.216 bits per heavy atom. The first kappa shape index (κ1) is 87.4. The van der Waals surface area contributed by atoms with Crippen molar-refractivity contribution in [1.82, 2.24) is 0 Å². The van der Waals surface area contributed by atoms with Gasteiger partial charge in [0, 0.05) is 0 Å². The lowest BCUT2D eigenvalue weighted by Gasteiger charge is -2.50. The highest BCUT2D eigenvalue weighted by Gasteiger charge is 2.62. The number of aliphatic hydroxyl groups is 1. The molecule has 4 rings (SSSR count). The van der Waals surface area contributed by atoms with Crippen LogP contribution in [0.3, 0.4) is 0 Å². The molecule has 0 amide bonds. The van der Waals surface area contributed by atoms with Gasteiger partial charge in [-0.2, -0.15) is 109 Å². The van der Waals surface area contributed by atoms with E-state index in [1.54, 1.807) is 0 Å². The van der Waals surface area contributed by atoms with E-state index in [-0.39, 0.29) is 0 Å². The molecule has 73 heteroatoms. The summed E-state index contributed by atoms with van der Waals surface area (Å²) in [6.45, 7) is -8.89. The number of hydrogen-bond acceptors (Lipinski definition) is 47. The third-order valence-electron chi connectivity index (χ3n) is 10.9. The van der Waals surface area contributed by atoms with Crippen molar-refractivity contribution in [2.24, 2.45) is 0 Å². The van der Waals surface area contributed by atoms with Crippen molar-refractivity contribution in [3.63, 3.8) is 0 Å². The second kappa shape index (κ2) is 31.8. The number of ether oxygens (including phenoxy) is 7. The fourth-order valence-corrected chi connectivity index (χ4v) is 14.1. The predicted molar refractivity (Wildman–Crippen MR) is 269 cm³/mol. The average molecular weight is 1710 g/mol. The van der Waals surface area contributed by atoms with Crippen molar-refractivity contribution >= 4 is 135 Å². The van der Waals surface area contributed by atoms with Gasteiger partial charge in [-0.15, -0.1) is 0 Å². The van der Waals surface area contributed by atoms with E-state index in [0.29, 0.717) is 0 Å². The molecule has 0 aromatic carbocycles. The molecule has 97 heavy (non-hydrogen) atoms. The third-order valence-corrected chi connectivity index (χ3v) is 16.8. The zero-order valence-corrected chi connectivity index (χ0v) is 55.3. The van der Waals surface area contributed by atoms with Crippen LogP contribution in [0.1, 0.15) is 0 Å². The first-order chi connectivity index (χ1) is 43.0. The van der Waals surface area contributed by atoms with Crippen molar-refractivity contribution in [3.05, 3.63) is 0 Å². The summed E-state index contributed by atoms with van der Waals surface area (Å²) in [5, 5.41) is 10.6. The molecule has 0 aromatic heterocycles. The number of rotatable bonds is 36.